The summed E-state index contributed by atoms with van der Waals surface area (Å²) in [5.41, 5.74) is 2.60. The van der Waals surface area contributed by atoms with E-state index in [-0.39, 0.29) is 5.91 Å². The lowest BCUT2D eigenvalue weighted by molar-refractivity contribution is 0.0956. The Kier molecular flexibility index (Phi) is 2.90. The summed E-state index contributed by atoms with van der Waals surface area (Å²) < 4.78 is 0. The van der Waals surface area contributed by atoms with Crippen molar-refractivity contribution in [3.63, 3.8) is 0 Å². The maximum absolute atomic E-state index is 11.5. The molecule has 0 fully saturated rings. The summed E-state index contributed by atoms with van der Waals surface area (Å²) in [6.45, 7) is 8.01. The van der Waals surface area contributed by atoms with Crippen LogP contribution < -0.4 is 5.32 Å². The second-order valence-electron chi connectivity index (χ2n) is 3.19. The van der Waals surface area contributed by atoms with E-state index in [0.29, 0.717) is 12.1 Å². The van der Waals surface area contributed by atoms with Crippen molar-refractivity contribution in [2.45, 2.75) is 13.8 Å². The molecule has 2 N–H and O–H groups in total. The molecule has 0 bridgehead atoms. The lowest BCUT2D eigenvalue weighted by Crippen LogP contribution is -2.24. The van der Waals surface area contributed by atoms with Gasteiger partial charge in [-0.1, -0.05) is 12.2 Å². The predicted octanol–water partition coefficient (Wildman–Crippen LogP) is 1.63. The van der Waals surface area contributed by atoms with Crippen LogP contribution in [0.1, 0.15) is 22.8 Å². The van der Waals surface area contributed by atoms with Gasteiger partial charge in [0.1, 0.15) is 0 Å². The molecule has 3 heteroatoms. The number of aromatic nitrogens is 1. The van der Waals surface area contributed by atoms with Gasteiger partial charge in [-0.3, -0.25) is 4.79 Å². The Bertz CT molecular complexity index is 325. The Labute approximate surface area is 77.9 Å². The van der Waals surface area contributed by atoms with Crippen molar-refractivity contribution in [2.75, 3.05) is 6.54 Å². The van der Waals surface area contributed by atoms with Gasteiger partial charge in [0.2, 0.25) is 0 Å². The third-order valence-electron chi connectivity index (χ3n) is 1.75. The van der Waals surface area contributed by atoms with E-state index in [1.54, 1.807) is 12.4 Å². The molecule has 13 heavy (non-hydrogen) atoms. The highest BCUT2D eigenvalue weighted by atomic mass is 16.1. The molecular formula is C10H14N2O. The molecule has 1 aromatic heterocycles. The van der Waals surface area contributed by atoms with E-state index in [1.807, 2.05) is 13.8 Å². The van der Waals surface area contributed by atoms with Crippen molar-refractivity contribution >= 4 is 5.91 Å². The third kappa shape index (κ3) is 2.47. The van der Waals surface area contributed by atoms with Gasteiger partial charge in [-0.15, -0.1) is 0 Å². The van der Waals surface area contributed by atoms with E-state index in [1.165, 1.54) is 0 Å². The summed E-state index contributed by atoms with van der Waals surface area (Å²) in [4.78, 5) is 14.3. The minimum Gasteiger partial charge on any atom is -0.367 e. The van der Waals surface area contributed by atoms with E-state index < -0.39 is 0 Å². The highest BCUT2D eigenvalue weighted by Crippen LogP contribution is 2.04. The molecule has 0 saturated heterocycles. The lowest BCUT2D eigenvalue weighted by atomic mass is 10.2. The Morgan fingerprint density at radius 1 is 1.62 bits per heavy atom. The fourth-order valence-electron chi connectivity index (χ4n) is 1.01. The quantitative estimate of drug-likeness (QED) is 0.679. The standard InChI is InChI=1S/C10H14N2O/c1-7(2)4-12-10(13)9-6-11-5-8(9)3/h5-6,11H,1,4H2,2-3H3,(H,12,13). The topological polar surface area (TPSA) is 44.9 Å². The van der Waals surface area contributed by atoms with Gasteiger partial charge in [0, 0.05) is 18.9 Å². The van der Waals surface area contributed by atoms with Gasteiger partial charge in [0.15, 0.2) is 0 Å². The summed E-state index contributed by atoms with van der Waals surface area (Å²) >= 11 is 0. The van der Waals surface area contributed by atoms with Crippen molar-refractivity contribution in [1.82, 2.24) is 10.3 Å². The van der Waals surface area contributed by atoms with Gasteiger partial charge >= 0.3 is 0 Å². The molecule has 0 unspecified atom stereocenters. The fraction of sp³-hybridized carbons (Fsp3) is 0.300. The van der Waals surface area contributed by atoms with Crippen LogP contribution in [0.2, 0.25) is 0 Å². The second kappa shape index (κ2) is 3.94. The van der Waals surface area contributed by atoms with Crippen LogP contribution in [0, 0.1) is 6.92 Å². The second-order valence-corrected chi connectivity index (χ2v) is 3.19. The molecule has 0 aliphatic heterocycles. The first kappa shape index (κ1) is 9.58. The summed E-state index contributed by atoms with van der Waals surface area (Å²) in [5, 5.41) is 2.77. The predicted molar refractivity (Wildman–Crippen MR) is 52.7 cm³/mol. The highest BCUT2D eigenvalue weighted by Gasteiger charge is 2.07. The average Bonchev–Trinajstić information content (AvgIpc) is 2.47. The number of amides is 1. The van der Waals surface area contributed by atoms with Crippen LogP contribution in [0.25, 0.3) is 0 Å². The fourth-order valence-corrected chi connectivity index (χ4v) is 1.01. The molecule has 1 rings (SSSR count). The first-order valence-electron chi connectivity index (χ1n) is 4.17. The number of hydrogen-bond donors (Lipinski definition) is 2. The van der Waals surface area contributed by atoms with Crippen LogP contribution in [-0.2, 0) is 0 Å². The van der Waals surface area contributed by atoms with E-state index in [0.717, 1.165) is 11.1 Å². The number of rotatable bonds is 3. The molecule has 0 aliphatic rings. The van der Waals surface area contributed by atoms with E-state index in [9.17, 15) is 4.79 Å². The zero-order chi connectivity index (χ0) is 9.84. The number of carbonyl (C=O) groups is 1. The first-order valence-corrected chi connectivity index (χ1v) is 4.17. The molecule has 0 atom stereocenters. The van der Waals surface area contributed by atoms with E-state index in [2.05, 4.69) is 16.9 Å². The lowest BCUT2D eigenvalue weighted by Gasteiger charge is -2.03. The van der Waals surface area contributed by atoms with Crippen molar-refractivity contribution in [3.05, 3.63) is 35.7 Å². The summed E-state index contributed by atoms with van der Waals surface area (Å²) in [5.74, 6) is -0.0539. The number of aromatic amines is 1. The van der Waals surface area contributed by atoms with Crippen LogP contribution in [0.5, 0.6) is 0 Å². The summed E-state index contributed by atoms with van der Waals surface area (Å²) in [6.07, 6.45) is 3.50. The Hall–Kier alpha value is -1.51. The number of carbonyl (C=O) groups excluding carboxylic acids is 1. The van der Waals surface area contributed by atoms with Crippen LogP contribution in [-0.4, -0.2) is 17.4 Å². The number of nitrogens with one attached hydrogen (secondary N) is 2. The molecule has 1 amide bonds. The van der Waals surface area contributed by atoms with E-state index >= 15 is 0 Å². The normalized spacial score (nSPS) is 9.69. The Morgan fingerprint density at radius 2 is 2.31 bits per heavy atom. The van der Waals surface area contributed by atoms with Crippen molar-refractivity contribution in [2.24, 2.45) is 0 Å². The summed E-state index contributed by atoms with van der Waals surface area (Å²) in [6, 6.07) is 0. The van der Waals surface area contributed by atoms with Crippen LogP contribution in [0.4, 0.5) is 0 Å². The Morgan fingerprint density at radius 3 is 2.77 bits per heavy atom. The molecule has 0 saturated carbocycles. The largest absolute Gasteiger partial charge is 0.367 e. The van der Waals surface area contributed by atoms with Gasteiger partial charge in [-0.25, -0.2) is 0 Å². The maximum Gasteiger partial charge on any atom is 0.253 e. The molecule has 1 aromatic rings. The highest BCUT2D eigenvalue weighted by molar-refractivity contribution is 5.95. The molecule has 0 spiro atoms. The smallest absolute Gasteiger partial charge is 0.253 e. The zero-order valence-electron chi connectivity index (χ0n) is 7.98. The number of H-pyrrole nitrogens is 1. The maximum atomic E-state index is 11.5. The van der Waals surface area contributed by atoms with Crippen LogP contribution in [0.3, 0.4) is 0 Å². The number of hydrogen-bond acceptors (Lipinski definition) is 1. The average molecular weight is 178 g/mol. The van der Waals surface area contributed by atoms with Crippen LogP contribution >= 0.6 is 0 Å². The van der Waals surface area contributed by atoms with Gasteiger partial charge in [-0.2, -0.15) is 0 Å². The zero-order valence-corrected chi connectivity index (χ0v) is 7.98. The number of aryl methyl sites for hydroxylation is 1. The Balaban J connectivity index is 2.59. The molecule has 1 heterocycles. The third-order valence-corrected chi connectivity index (χ3v) is 1.75. The van der Waals surface area contributed by atoms with Crippen molar-refractivity contribution in [1.29, 1.82) is 0 Å². The molecule has 3 nitrogen and oxygen atoms in total. The summed E-state index contributed by atoms with van der Waals surface area (Å²) in [7, 11) is 0. The van der Waals surface area contributed by atoms with Gasteiger partial charge in [0.25, 0.3) is 5.91 Å². The molecule has 0 radical (unpaired) electrons. The molecule has 0 aliphatic carbocycles. The van der Waals surface area contributed by atoms with E-state index in [4.69, 9.17) is 0 Å². The molecule has 70 valence electrons. The van der Waals surface area contributed by atoms with Gasteiger partial charge < -0.3 is 10.3 Å². The first-order chi connectivity index (χ1) is 6.11. The molecular weight excluding hydrogens is 164 g/mol. The van der Waals surface area contributed by atoms with Crippen molar-refractivity contribution in [3.8, 4) is 0 Å². The van der Waals surface area contributed by atoms with Crippen molar-refractivity contribution < 1.29 is 4.79 Å². The van der Waals surface area contributed by atoms with Gasteiger partial charge in [-0.05, 0) is 19.4 Å². The minimum atomic E-state index is -0.0539. The monoisotopic (exact) mass is 178 g/mol. The van der Waals surface area contributed by atoms with Crippen LogP contribution in [0.15, 0.2) is 24.5 Å². The minimum absolute atomic E-state index is 0.0539. The van der Waals surface area contributed by atoms with Gasteiger partial charge in [0.05, 0.1) is 5.56 Å². The molecule has 0 aromatic carbocycles. The SMILES string of the molecule is C=C(C)CNC(=O)c1c[nH]cc1C.